The molecule has 1 amide bonds. The summed E-state index contributed by atoms with van der Waals surface area (Å²) < 4.78 is 12.5. The number of hydrogen-bond donors (Lipinski definition) is 1. The van der Waals surface area contributed by atoms with Gasteiger partial charge >= 0.3 is 5.97 Å². The quantitative estimate of drug-likeness (QED) is 0.289. The molecule has 0 saturated heterocycles. The van der Waals surface area contributed by atoms with Crippen molar-refractivity contribution in [1.82, 2.24) is 9.55 Å². The van der Waals surface area contributed by atoms with Gasteiger partial charge in [-0.05, 0) is 51.0 Å². The van der Waals surface area contributed by atoms with Gasteiger partial charge in [0.25, 0.3) is 5.91 Å². The molecule has 0 radical (unpaired) electrons. The molecule has 0 spiro atoms. The van der Waals surface area contributed by atoms with Crippen molar-refractivity contribution in [3.05, 3.63) is 57.1 Å². The summed E-state index contributed by atoms with van der Waals surface area (Å²) in [7, 11) is 3.08. The first-order valence-electron chi connectivity index (χ1n) is 11.6. The number of amides is 1. The molecule has 8 nitrogen and oxygen atoms in total. The van der Waals surface area contributed by atoms with Crippen molar-refractivity contribution in [2.24, 2.45) is 0 Å². The molecule has 0 unspecified atom stereocenters. The van der Waals surface area contributed by atoms with E-state index in [-0.39, 0.29) is 12.5 Å². The zero-order valence-electron chi connectivity index (χ0n) is 21.5. The van der Waals surface area contributed by atoms with Crippen LogP contribution in [0.25, 0.3) is 22.2 Å². The number of rotatable bonds is 8. The van der Waals surface area contributed by atoms with E-state index < -0.39 is 5.97 Å². The normalized spacial score (nSPS) is 11.1. The lowest BCUT2D eigenvalue weighted by atomic mass is 10.1. The van der Waals surface area contributed by atoms with Crippen LogP contribution in [0.1, 0.15) is 34.1 Å². The molecule has 4 aromatic rings. The Morgan fingerprint density at radius 1 is 1.11 bits per heavy atom. The van der Waals surface area contributed by atoms with Gasteiger partial charge in [-0.3, -0.25) is 14.5 Å². The Labute approximate surface area is 224 Å². The van der Waals surface area contributed by atoms with Gasteiger partial charge in [-0.1, -0.05) is 23.2 Å². The highest BCUT2D eigenvalue weighted by Crippen LogP contribution is 2.40. The predicted octanol–water partition coefficient (Wildman–Crippen LogP) is 6.11. The van der Waals surface area contributed by atoms with Crippen LogP contribution in [0.15, 0.2) is 29.6 Å². The van der Waals surface area contributed by atoms with E-state index in [9.17, 15) is 14.7 Å². The van der Waals surface area contributed by atoms with Crippen molar-refractivity contribution in [3.63, 3.8) is 0 Å². The molecule has 2 heterocycles. The molecule has 10 heteroatoms. The Kier molecular flexibility index (Phi) is 7.47. The lowest BCUT2D eigenvalue weighted by Crippen LogP contribution is -2.33. The number of carboxylic acid groups (broad SMARTS) is 1. The molecular formula is C27H28ClN3O5S. The van der Waals surface area contributed by atoms with E-state index in [1.807, 2.05) is 45.2 Å². The van der Waals surface area contributed by atoms with Crippen molar-refractivity contribution >= 4 is 50.8 Å². The van der Waals surface area contributed by atoms with E-state index in [1.165, 1.54) is 18.4 Å². The number of anilines is 1. The molecule has 2 aromatic carbocycles. The van der Waals surface area contributed by atoms with Gasteiger partial charge in [0.1, 0.15) is 23.7 Å². The van der Waals surface area contributed by atoms with Gasteiger partial charge < -0.3 is 19.1 Å². The molecule has 0 aliphatic heterocycles. The zero-order valence-corrected chi connectivity index (χ0v) is 23.1. The standard InChI is InChI=1S/C27H28ClN3O5S/c1-7-30(27-29-20(13-37-27)18-10-22(36-6)19(28)11-21(18)35-5)26(34)25-16(4)17-9-14(2)8-15(3)24(17)31(25)12-23(32)33/h8-11,13H,7,12H2,1-6H3,(H,32,33). The first-order chi connectivity index (χ1) is 17.6. The average molecular weight is 542 g/mol. The van der Waals surface area contributed by atoms with Crippen LogP contribution in [-0.4, -0.2) is 47.3 Å². The Hall–Kier alpha value is -3.56. The summed E-state index contributed by atoms with van der Waals surface area (Å²) in [6.07, 6.45) is 0. The van der Waals surface area contributed by atoms with E-state index in [0.717, 1.165) is 27.6 Å². The lowest BCUT2D eigenvalue weighted by Gasteiger charge is -2.20. The molecular weight excluding hydrogens is 514 g/mol. The SMILES string of the molecule is CCN(C(=O)c1c(C)c2cc(C)cc(C)c2n1CC(=O)O)c1nc(-c2cc(OC)c(Cl)cc2OC)cs1. The smallest absolute Gasteiger partial charge is 0.323 e. The maximum atomic E-state index is 14.0. The second-order valence-corrected chi connectivity index (χ2v) is 9.93. The fourth-order valence-corrected chi connectivity index (χ4v) is 5.80. The molecule has 0 saturated carbocycles. The third kappa shape index (κ3) is 4.76. The topological polar surface area (TPSA) is 93.9 Å². The molecule has 0 fully saturated rings. The number of fused-ring (bicyclic) bond motifs is 1. The first kappa shape index (κ1) is 26.5. The number of aliphatic carboxylic acids is 1. The van der Waals surface area contributed by atoms with Crippen LogP contribution < -0.4 is 14.4 Å². The van der Waals surface area contributed by atoms with Gasteiger partial charge in [-0.2, -0.15) is 0 Å². The molecule has 0 aliphatic carbocycles. The fourth-order valence-electron chi connectivity index (χ4n) is 4.68. The second-order valence-electron chi connectivity index (χ2n) is 8.68. The summed E-state index contributed by atoms with van der Waals surface area (Å²) >= 11 is 7.57. The minimum atomic E-state index is -1.02. The van der Waals surface area contributed by atoms with E-state index in [1.54, 1.807) is 28.7 Å². The van der Waals surface area contributed by atoms with Gasteiger partial charge in [0.15, 0.2) is 5.13 Å². The molecule has 1 N–H and O–H groups in total. The monoisotopic (exact) mass is 541 g/mol. The summed E-state index contributed by atoms with van der Waals surface area (Å²) in [6.45, 7) is 7.66. The van der Waals surface area contributed by atoms with Crippen LogP contribution >= 0.6 is 22.9 Å². The summed E-state index contributed by atoms with van der Waals surface area (Å²) in [5.74, 6) is -0.319. The number of carbonyl (C=O) groups is 2. The third-order valence-corrected chi connectivity index (χ3v) is 7.43. The highest BCUT2D eigenvalue weighted by molar-refractivity contribution is 7.14. The number of methoxy groups -OCH3 is 2. The number of aryl methyl sites for hydroxylation is 3. The molecule has 4 rings (SSSR count). The van der Waals surface area contributed by atoms with Crippen molar-refractivity contribution < 1.29 is 24.2 Å². The summed E-state index contributed by atoms with van der Waals surface area (Å²) in [4.78, 5) is 32.1. The Morgan fingerprint density at radius 2 is 1.81 bits per heavy atom. The number of benzene rings is 2. The number of aromatic nitrogens is 2. The van der Waals surface area contributed by atoms with Gasteiger partial charge in [0, 0.05) is 28.9 Å². The van der Waals surface area contributed by atoms with E-state index in [2.05, 4.69) is 0 Å². The highest BCUT2D eigenvalue weighted by atomic mass is 35.5. The highest BCUT2D eigenvalue weighted by Gasteiger charge is 2.28. The summed E-state index contributed by atoms with van der Waals surface area (Å²) in [5, 5.41) is 13.3. The molecule has 37 heavy (non-hydrogen) atoms. The molecule has 0 aliphatic rings. The largest absolute Gasteiger partial charge is 0.496 e. The molecule has 0 atom stereocenters. The van der Waals surface area contributed by atoms with Crippen LogP contribution in [0, 0.1) is 20.8 Å². The number of nitrogens with zero attached hydrogens (tertiary/aromatic N) is 3. The van der Waals surface area contributed by atoms with Gasteiger partial charge in [-0.25, -0.2) is 4.98 Å². The number of ether oxygens (including phenoxy) is 2. The Morgan fingerprint density at radius 3 is 2.43 bits per heavy atom. The summed E-state index contributed by atoms with van der Waals surface area (Å²) in [6, 6.07) is 7.39. The lowest BCUT2D eigenvalue weighted by molar-refractivity contribution is -0.137. The van der Waals surface area contributed by atoms with E-state index >= 15 is 0 Å². The van der Waals surface area contributed by atoms with Crippen LogP contribution in [0.3, 0.4) is 0 Å². The van der Waals surface area contributed by atoms with Crippen molar-refractivity contribution in [2.75, 3.05) is 25.7 Å². The van der Waals surface area contributed by atoms with E-state index in [0.29, 0.717) is 45.1 Å². The van der Waals surface area contributed by atoms with Crippen LogP contribution in [0.2, 0.25) is 5.02 Å². The third-order valence-electron chi connectivity index (χ3n) is 6.27. The maximum absolute atomic E-state index is 14.0. The first-order valence-corrected chi connectivity index (χ1v) is 12.9. The van der Waals surface area contributed by atoms with Crippen LogP contribution in [0.5, 0.6) is 11.5 Å². The average Bonchev–Trinajstić information content (AvgIpc) is 3.42. The number of thiazole rings is 1. The number of halogens is 1. The van der Waals surface area contributed by atoms with Crippen molar-refractivity contribution in [2.45, 2.75) is 34.2 Å². The van der Waals surface area contributed by atoms with E-state index in [4.69, 9.17) is 26.1 Å². The zero-order chi connectivity index (χ0) is 27.0. The second kappa shape index (κ2) is 10.4. The molecule has 194 valence electrons. The van der Waals surface area contributed by atoms with Crippen molar-refractivity contribution in [3.8, 4) is 22.8 Å². The maximum Gasteiger partial charge on any atom is 0.323 e. The minimum Gasteiger partial charge on any atom is -0.496 e. The Balaban J connectivity index is 1.83. The van der Waals surface area contributed by atoms with Gasteiger partial charge in [0.2, 0.25) is 0 Å². The van der Waals surface area contributed by atoms with Crippen LogP contribution in [0.4, 0.5) is 5.13 Å². The summed E-state index contributed by atoms with van der Waals surface area (Å²) in [5.41, 5.74) is 5.08. The number of carbonyl (C=O) groups excluding carboxylic acids is 1. The number of hydrogen-bond acceptors (Lipinski definition) is 6. The number of carboxylic acids is 1. The Bertz CT molecular complexity index is 1520. The molecule has 2 aromatic heterocycles. The fraction of sp³-hybridized carbons (Fsp3) is 0.296. The van der Waals surface area contributed by atoms with Crippen molar-refractivity contribution in [1.29, 1.82) is 0 Å². The van der Waals surface area contributed by atoms with Gasteiger partial charge in [0.05, 0.1) is 30.5 Å². The molecule has 0 bridgehead atoms. The van der Waals surface area contributed by atoms with Crippen LogP contribution in [-0.2, 0) is 11.3 Å². The minimum absolute atomic E-state index is 0.309. The predicted molar refractivity (Wildman–Crippen MR) is 147 cm³/mol. The van der Waals surface area contributed by atoms with Gasteiger partial charge in [-0.15, -0.1) is 11.3 Å².